The largest absolute Gasteiger partial charge is 0.497 e. The Morgan fingerprint density at radius 3 is 2.47 bits per heavy atom. The van der Waals surface area contributed by atoms with Crippen molar-refractivity contribution in [2.75, 3.05) is 13.7 Å². The lowest BCUT2D eigenvalue weighted by molar-refractivity contribution is -0.143. The summed E-state index contributed by atoms with van der Waals surface area (Å²) in [4.78, 5) is 12.4. The maximum atomic E-state index is 12.9. The third-order valence-electron chi connectivity index (χ3n) is 4.52. The summed E-state index contributed by atoms with van der Waals surface area (Å²) in [5, 5.41) is 0. The fourth-order valence-corrected chi connectivity index (χ4v) is 5.19. The van der Waals surface area contributed by atoms with Gasteiger partial charge in [-0.05, 0) is 54.8 Å². The number of carbonyl (C=O) groups is 1. The van der Waals surface area contributed by atoms with Gasteiger partial charge in [-0.15, -0.1) is 4.40 Å². The number of methoxy groups -OCH3 is 1. The minimum Gasteiger partial charge on any atom is -0.497 e. The predicted octanol–water partition coefficient (Wildman–Crippen LogP) is 3.69. The van der Waals surface area contributed by atoms with Crippen LogP contribution in [-0.4, -0.2) is 32.7 Å². The number of sulfonamides is 1. The Bertz CT molecular complexity index is 1220. The lowest BCUT2D eigenvalue weighted by atomic mass is 10.0. The van der Waals surface area contributed by atoms with Crippen LogP contribution < -0.4 is 9.54 Å². The van der Waals surface area contributed by atoms with Crippen molar-refractivity contribution in [2.24, 2.45) is 4.40 Å². The SMILES string of the molecule is CCOC(=O)Cn1/c(=N/S(=O)(=O)c2ccc(OC)cc2)sc2cc(C(C)C)ccc21. The Kier molecular flexibility index (Phi) is 6.62. The molecular weight excluding hydrogens is 424 g/mol. The number of fused-ring (bicyclic) bond motifs is 1. The van der Waals surface area contributed by atoms with Gasteiger partial charge < -0.3 is 14.0 Å². The molecule has 3 rings (SSSR count). The number of benzene rings is 2. The van der Waals surface area contributed by atoms with Gasteiger partial charge in [0, 0.05) is 0 Å². The third kappa shape index (κ3) is 4.73. The molecular formula is C21H24N2O5S2. The van der Waals surface area contributed by atoms with Crippen molar-refractivity contribution < 1.29 is 22.7 Å². The topological polar surface area (TPSA) is 87.0 Å². The summed E-state index contributed by atoms with van der Waals surface area (Å²) >= 11 is 1.23. The van der Waals surface area contributed by atoms with Gasteiger partial charge in [0.2, 0.25) is 4.80 Å². The fraction of sp³-hybridized carbons (Fsp3) is 0.333. The van der Waals surface area contributed by atoms with E-state index in [1.807, 2.05) is 18.2 Å². The summed E-state index contributed by atoms with van der Waals surface area (Å²) in [6.45, 7) is 6.02. The molecule has 0 spiro atoms. The van der Waals surface area contributed by atoms with Crippen LogP contribution in [0.3, 0.4) is 0 Å². The maximum absolute atomic E-state index is 12.9. The van der Waals surface area contributed by atoms with Crippen LogP contribution in [0.5, 0.6) is 5.75 Å². The summed E-state index contributed by atoms with van der Waals surface area (Å²) in [5.41, 5.74) is 1.86. The van der Waals surface area contributed by atoms with E-state index in [-0.39, 0.29) is 22.8 Å². The molecule has 1 heterocycles. The first-order valence-electron chi connectivity index (χ1n) is 9.49. The summed E-state index contributed by atoms with van der Waals surface area (Å²) < 4.78 is 42.4. The molecule has 0 aliphatic rings. The number of ether oxygens (including phenoxy) is 2. The number of carbonyl (C=O) groups excluding carboxylic acids is 1. The van der Waals surface area contributed by atoms with Crippen LogP contribution in [0.1, 0.15) is 32.3 Å². The lowest BCUT2D eigenvalue weighted by Crippen LogP contribution is -2.23. The maximum Gasteiger partial charge on any atom is 0.326 e. The Labute approximate surface area is 179 Å². The monoisotopic (exact) mass is 448 g/mol. The zero-order valence-corrected chi connectivity index (χ0v) is 18.9. The highest BCUT2D eigenvalue weighted by atomic mass is 32.2. The van der Waals surface area contributed by atoms with Crippen LogP contribution >= 0.6 is 11.3 Å². The summed E-state index contributed by atoms with van der Waals surface area (Å²) in [6, 6.07) is 11.9. The van der Waals surface area contributed by atoms with Gasteiger partial charge in [0.15, 0.2) is 0 Å². The van der Waals surface area contributed by atoms with Gasteiger partial charge >= 0.3 is 5.97 Å². The molecule has 0 N–H and O–H groups in total. The van der Waals surface area contributed by atoms with Crippen molar-refractivity contribution in [3.63, 3.8) is 0 Å². The van der Waals surface area contributed by atoms with E-state index in [1.165, 1.54) is 30.6 Å². The highest BCUT2D eigenvalue weighted by molar-refractivity contribution is 7.90. The molecule has 9 heteroatoms. The molecule has 3 aromatic rings. The van der Waals surface area contributed by atoms with Crippen molar-refractivity contribution in [2.45, 2.75) is 38.1 Å². The molecule has 30 heavy (non-hydrogen) atoms. The number of nitrogens with zero attached hydrogens (tertiary/aromatic N) is 2. The zero-order valence-electron chi connectivity index (χ0n) is 17.3. The van der Waals surface area contributed by atoms with Crippen molar-refractivity contribution in [1.82, 2.24) is 4.57 Å². The van der Waals surface area contributed by atoms with Crippen LogP contribution in [0, 0.1) is 0 Å². The van der Waals surface area contributed by atoms with Crippen molar-refractivity contribution >= 4 is 37.5 Å². The summed E-state index contributed by atoms with van der Waals surface area (Å²) in [5.74, 6) is 0.418. The van der Waals surface area contributed by atoms with E-state index >= 15 is 0 Å². The molecule has 0 atom stereocenters. The summed E-state index contributed by atoms with van der Waals surface area (Å²) in [6.07, 6.45) is 0. The Morgan fingerprint density at radius 1 is 1.17 bits per heavy atom. The highest BCUT2D eigenvalue weighted by Crippen LogP contribution is 2.24. The standard InChI is InChI=1S/C21H24N2O5S2/c1-5-28-20(24)13-23-18-11-6-15(14(2)3)12-19(18)29-21(23)22-30(25,26)17-9-7-16(27-4)8-10-17/h6-12,14H,5,13H2,1-4H3/b22-21-. The van der Waals surface area contributed by atoms with Gasteiger partial charge in [0.1, 0.15) is 12.3 Å². The number of aromatic nitrogens is 1. The molecule has 0 unspecified atom stereocenters. The zero-order chi connectivity index (χ0) is 21.9. The van der Waals surface area contributed by atoms with E-state index in [0.29, 0.717) is 11.7 Å². The second-order valence-corrected chi connectivity index (χ2v) is 9.51. The second kappa shape index (κ2) is 9.01. The van der Waals surface area contributed by atoms with Crippen LogP contribution in [0.2, 0.25) is 0 Å². The quantitative estimate of drug-likeness (QED) is 0.515. The molecule has 0 fully saturated rings. The van der Waals surface area contributed by atoms with Crippen LogP contribution in [0.4, 0.5) is 0 Å². The number of rotatable bonds is 7. The van der Waals surface area contributed by atoms with E-state index in [0.717, 1.165) is 15.8 Å². The molecule has 0 aliphatic carbocycles. The summed E-state index contributed by atoms with van der Waals surface area (Å²) in [7, 11) is -2.47. The molecule has 2 aromatic carbocycles. The molecule has 0 aliphatic heterocycles. The number of esters is 1. The van der Waals surface area contributed by atoms with E-state index < -0.39 is 16.0 Å². The minimum absolute atomic E-state index is 0.0475. The Morgan fingerprint density at radius 2 is 1.87 bits per heavy atom. The number of hydrogen-bond donors (Lipinski definition) is 0. The van der Waals surface area contributed by atoms with Crippen molar-refractivity contribution in [3.05, 3.63) is 52.8 Å². The Balaban J connectivity index is 2.17. The van der Waals surface area contributed by atoms with E-state index in [4.69, 9.17) is 9.47 Å². The van der Waals surface area contributed by atoms with Gasteiger partial charge in [-0.25, -0.2) is 0 Å². The van der Waals surface area contributed by atoms with E-state index in [1.54, 1.807) is 23.6 Å². The smallest absolute Gasteiger partial charge is 0.326 e. The van der Waals surface area contributed by atoms with Crippen LogP contribution in [0.25, 0.3) is 10.2 Å². The molecule has 160 valence electrons. The predicted molar refractivity (Wildman–Crippen MR) is 116 cm³/mol. The first-order chi connectivity index (χ1) is 14.2. The van der Waals surface area contributed by atoms with E-state index in [2.05, 4.69) is 18.2 Å². The van der Waals surface area contributed by atoms with Gasteiger partial charge in [-0.1, -0.05) is 31.3 Å². The number of thiazole rings is 1. The molecule has 0 amide bonds. The molecule has 7 nitrogen and oxygen atoms in total. The van der Waals surface area contributed by atoms with Crippen LogP contribution in [0.15, 0.2) is 51.8 Å². The fourth-order valence-electron chi connectivity index (χ4n) is 2.91. The normalized spacial score (nSPS) is 12.5. The van der Waals surface area contributed by atoms with Crippen LogP contribution in [-0.2, 0) is 26.1 Å². The number of hydrogen-bond acceptors (Lipinski definition) is 6. The molecule has 0 radical (unpaired) electrons. The third-order valence-corrected chi connectivity index (χ3v) is 6.96. The highest BCUT2D eigenvalue weighted by Gasteiger charge is 2.17. The average molecular weight is 449 g/mol. The van der Waals surface area contributed by atoms with Gasteiger partial charge in [-0.2, -0.15) is 8.42 Å². The first-order valence-corrected chi connectivity index (χ1v) is 11.7. The first kappa shape index (κ1) is 22.0. The molecule has 0 saturated carbocycles. The molecule has 0 bridgehead atoms. The van der Waals surface area contributed by atoms with E-state index in [9.17, 15) is 13.2 Å². The molecule has 0 saturated heterocycles. The Hall–Kier alpha value is -2.65. The second-order valence-electron chi connectivity index (χ2n) is 6.90. The molecule has 1 aromatic heterocycles. The van der Waals surface area contributed by atoms with Crippen molar-refractivity contribution in [3.8, 4) is 5.75 Å². The van der Waals surface area contributed by atoms with Gasteiger partial charge in [0.05, 0.1) is 28.8 Å². The average Bonchev–Trinajstić information content (AvgIpc) is 3.03. The lowest BCUT2D eigenvalue weighted by Gasteiger charge is -2.07. The van der Waals surface area contributed by atoms with Crippen molar-refractivity contribution in [1.29, 1.82) is 0 Å². The van der Waals surface area contributed by atoms with Gasteiger partial charge in [-0.3, -0.25) is 4.79 Å². The minimum atomic E-state index is -3.98. The van der Waals surface area contributed by atoms with Gasteiger partial charge in [0.25, 0.3) is 10.0 Å².